The Bertz CT molecular complexity index is 1130. The summed E-state index contributed by atoms with van der Waals surface area (Å²) in [6.07, 6.45) is 3.45. The number of hydrogen-bond acceptors (Lipinski definition) is 4. The van der Waals surface area contributed by atoms with E-state index >= 15 is 0 Å². The van der Waals surface area contributed by atoms with E-state index in [0.29, 0.717) is 17.0 Å². The molecular weight excluding hydrogens is 340 g/mol. The number of anilines is 1. The van der Waals surface area contributed by atoms with Crippen molar-refractivity contribution in [2.45, 2.75) is 6.92 Å². The zero-order valence-corrected chi connectivity index (χ0v) is 15.0. The van der Waals surface area contributed by atoms with Gasteiger partial charge in [-0.3, -0.25) is 9.89 Å². The highest BCUT2D eigenvalue weighted by atomic mass is 16.5. The third-order valence-electron chi connectivity index (χ3n) is 4.34. The third-order valence-corrected chi connectivity index (χ3v) is 4.34. The Morgan fingerprint density at radius 1 is 1.11 bits per heavy atom. The predicted octanol–water partition coefficient (Wildman–Crippen LogP) is 4.19. The van der Waals surface area contributed by atoms with Gasteiger partial charge in [0.25, 0.3) is 5.91 Å². The van der Waals surface area contributed by atoms with Gasteiger partial charge in [-0.15, -0.1) is 0 Å². The first-order valence-corrected chi connectivity index (χ1v) is 8.49. The molecule has 0 radical (unpaired) electrons. The molecule has 0 bridgehead atoms. The number of hydrogen-bond donors (Lipinski definition) is 2. The molecule has 134 valence electrons. The summed E-state index contributed by atoms with van der Waals surface area (Å²) >= 11 is 0. The third kappa shape index (κ3) is 3.37. The molecule has 4 aromatic rings. The number of aromatic amines is 1. The minimum atomic E-state index is -0.179. The molecule has 0 unspecified atom stereocenters. The molecule has 0 fully saturated rings. The number of amides is 1. The molecule has 0 atom stereocenters. The molecule has 1 amide bonds. The van der Waals surface area contributed by atoms with Crippen molar-refractivity contribution in [2.24, 2.45) is 0 Å². The van der Waals surface area contributed by atoms with Gasteiger partial charge >= 0.3 is 0 Å². The van der Waals surface area contributed by atoms with Gasteiger partial charge in [-0.25, -0.2) is 4.98 Å². The van der Waals surface area contributed by atoms with Gasteiger partial charge in [0.15, 0.2) is 5.65 Å². The van der Waals surface area contributed by atoms with Gasteiger partial charge < -0.3 is 10.1 Å². The van der Waals surface area contributed by atoms with Gasteiger partial charge in [0.1, 0.15) is 5.75 Å². The molecule has 0 aliphatic heterocycles. The Kier molecular flexibility index (Phi) is 4.30. The summed E-state index contributed by atoms with van der Waals surface area (Å²) in [5, 5.41) is 10.7. The quantitative estimate of drug-likeness (QED) is 0.573. The fourth-order valence-corrected chi connectivity index (χ4v) is 2.98. The van der Waals surface area contributed by atoms with Crippen LogP contribution in [0, 0.1) is 6.92 Å². The van der Waals surface area contributed by atoms with Crippen molar-refractivity contribution in [1.29, 1.82) is 0 Å². The van der Waals surface area contributed by atoms with Crippen LogP contribution < -0.4 is 10.1 Å². The minimum Gasteiger partial charge on any atom is -0.496 e. The van der Waals surface area contributed by atoms with Gasteiger partial charge in [0.2, 0.25) is 0 Å². The molecule has 2 aromatic carbocycles. The average molecular weight is 358 g/mol. The van der Waals surface area contributed by atoms with Crippen LogP contribution in [0.25, 0.3) is 22.2 Å². The lowest BCUT2D eigenvalue weighted by Gasteiger charge is -2.12. The number of fused-ring (bicyclic) bond motifs is 1. The lowest BCUT2D eigenvalue weighted by molar-refractivity contribution is 0.102. The molecule has 6 heteroatoms. The fraction of sp³-hybridized carbons (Fsp3) is 0.0952. The van der Waals surface area contributed by atoms with Gasteiger partial charge in [-0.05, 0) is 48.9 Å². The van der Waals surface area contributed by atoms with Crippen molar-refractivity contribution in [1.82, 2.24) is 15.2 Å². The van der Waals surface area contributed by atoms with Crippen LogP contribution in [0.4, 0.5) is 5.69 Å². The Morgan fingerprint density at radius 3 is 2.81 bits per heavy atom. The fourth-order valence-electron chi connectivity index (χ4n) is 2.98. The highest BCUT2D eigenvalue weighted by Gasteiger charge is 2.13. The highest BCUT2D eigenvalue weighted by molar-refractivity contribution is 6.05. The van der Waals surface area contributed by atoms with Gasteiger partial charge in [0, 0.05) is 34.0 Å². The van der Waals surface area contributed by atoms with E-state index in [1.54, 1.807) is 31.6 Å². The van der Waals surface area contributed by atoms with Crippen molar-refractivity contribution in [3.63, 3.8) is 0 Å². The summed E-state index contributed by atoms with van der Waals surface area (Å²) in [5.74, 6) is 0.494. The molecule has 2 N–H and O–H groups in total. The zero-order valence-electron chi connectivity index (χ0n) is 15.0. The van der Waals surface area contributed by atoms with Gasteiger partial charge in [-0.1, -0.05) is 12.1 Å². The summed E-state index contributed by atoms with van der Waals surface area (Å²) < 4.78 is 5.48. The first kappa shape index (κ1) is 16.8. The van der Waals surface area contributed by atoms with E-state index in [0.717, 1.165) is 27.8 Å². The van der Waals surface area contributed by atoms with Crippen LogP contribution >= 0.6 is 0 Å². The number of nitrogens with zero attached hydrogens (tertiary/aromatic N) is 2. The van der Waals surface area contributed by atoms with Crippen molar-refractivity contribution in [3.8, 4) is 16.9 Å². The molecule has 2 heterocycles. The van der Waals surface area contributed by atoms with E-state index in [1.165, 1.54) is 0 Å². The monoisotopic (exact) mass is 358 g/mol. The van der Waals surface area contributed by atoms with Crippen LogP contribution in [0.2, 0.25) is 0 Å². The molecule has 4 rings (SSSR count). The van der Waals surface area contributed by atoms with Crippen LogP contribution in [0.3, 0.4) is 0 Å². The Hall–Kier alpha value is -3.67. The summed E-state index contributed by atoms with van der Waals surface area (Å²) in [6, 6.07) is 15.0. The first-order valence-electron chi connectivity index (χ1n) is 8.49. The van der Waals surface area contributed by atoms with Crippen LogP contribution in [-0.2, 0) is 0 Å². The topological polar surface area (TPSA) is 79.9 Å². The van der Waals surface area contributed by atoms with Crippen molar-refractivity contribution in [2.75, 3.05) is 12.4 Å². The first-order chi connectivity index (χ1) is 13.1. The maximum absolute atomic E-state index is 12.7. The largest absolute Gasteiger partial charge is 0.496 e. The van der Waals surface area contributed by atoms with Crippen molar-refractivity contribution < 1.29 is 9.53 Å². The number of carbonyl (C=O) groups is 1. The molecular formula is C21H18N4O2. The average Bonchev–Trinajstić information content (AvgIpc) is 3.15. The lowest BCUT2D eigenvalue weighted by atomic mass is 10.0. The number of carbonyl (C=O) groups excluding carboxylic acids is 1. The standard InChI is InChI=1S/C21H18N4O2/c1-13-4-3-5-17(8-13)24-21(26)14-6-7-19(27-2)18(10-14)15-9-16-12-23-25-20(16)22-11-15/h3-12H,1-2H3,(H,24,26)(H,22,23,25). The van der Waals surface area contributed by atoms with Crippen LogP contribution in [0.1, 0.15) is 15.9 Å². The van der Waals surface area contributed by atoms with Crippen molar-refractivity contribution >= 4 is 22.6 Å². The molecule has 0 spiro atoms. The maximum Gasteiger partial charge on any atom is 0.255 e. The second-order valence-corrected chi connectivity index (χ2v) is 6.27. The minimum absolute atomic E-state index is 0.179. The summed E-state index contributed by atoms with van der Waals surface area (Å²) in [7, 11) is 1.61. The number of benzene rings is 2. The van der Waals surface area contributed by atoms with E-state index in [-0.39, 0.29) is 5.91 Å². The molecule has 2 aromatic heterocycles. The number of aryl methyl sites for hydroxylation is 1. The Morgan fingerprint density at radius 2 is 2.00 bits per heavy atom. The summed E-state index contributed by atoms with van der Waals surface area (Å²) in [6.45, 7) is 1.99. The number of ether oxygens (including phenoxy) is 1. The maximum atomic E-state index is 12.7. The summed E-state index contributed by atoms with van der Waals surface area (Å²) in [4.78, 5) is 17.1. The number of rotatable bonds is 4. The van der Waals surface area contributed by atoms with E-state index in [9.17, 15) is 4.79 Å². The van der Waals surface area contributed by atoms with E-state index < -0.39 is 0 Å². The Balaban J connectivity index is 1.70. The SMILES string of the molecule is COc1ccc(C(=O)Nc2cccc(C)c2)cc1-c1cnc2[nH]ncc2c1. The van der Waals surface area contributed by atoms with Crippen LogP contribution in [-0.4, -0.2) is 28.2 Å². The highest BCUT2D eigenvalue weighted by Crippen LogP contribution is 2.32. The van der Waals surface area contributed by atoms with E-state index in [2.05, 4.69) is 20.5 Å². The van der Waals surface area contributed by atoms with Crippen molar-refractivity contribution in [3.05, 3.63) is 72.1 Å². The number of nitrogens with one attached hydrogen (secondary N) is 2. The Labute approximate surface area is 156 Å². The second kappa shape index (κ2) is 6.92. The van der Waals surface area contributed by atoms with Crippen LogP contribution in [0.5, 0.6) is 5.75 Å². The molecule has 0 saturated carbocycles. The van der Waals surface area contributed by atoms with E-state index in [4.69, 9.17) is 4.74 Å². The smallest absolute Gasteiger partial charge is 0.255 e. The van der Waals surface area contributed by atoms with Gasteiger partial charge in [0.05, 0.1) is 13.3 Å². The van der Waals surface area contributed by atoms with E-state index in [1.807, 2.05) is 43.3 Å². The molecule has 27 heavy (non-hydrogen) atoms. The predicted molar refractivity (Wildman–Crippen MR) is 105 cm³/mol. The number of methoxy groups -OCH3 is 1. The van der Waals surface area contributed by atoms with Gasteiger partial charge in [-0.2, -0.15) is 5.10 Å². The number of aromatic nitrogens is 3. The molecule has 0 saturated heterocycles. The summed E-state index contributed by atoms with van der Waals surface area (Å²) in [5.41, 5.74) is 4.75. The number of pyridine rings is 1. The molecule has 0 aliphatic carbocycles. The lowest BCUT2D eigenvalue weighted by Crippen LogP contribution is -2.12. The molecule has 6 nitrogen and oxygen atoms in total. The zero-order chi connectivity index (χ0) is 18.8. The number of H-pyrrole nitrogens is 1. The normalized spacial score (nSPS) is 10.7. The second-order valence-electron chi connectivity index (χ2n) is 6.27. The molecule has 0 aliphatic rings. The van der Waals surface area contributed by atoms with Crippen LogP contribution in [0.15, 0.2) is 60.9 Å².